The molecule has 1 fully saturated rings. The van der Waals surface area contributed by atoms with Gasteiger partial charge in [0.1, 0.15) is 0 Å². The minimum Gasteiger partial charge on any atom is -0.478 e. The van der Waals surface area contributed by atoms with Crippen LogP contribution in [0.15, 0.2) is 65.9 Å². The normalized spacial score (nSPS) is 19.3. The molecule has 0 spiro atoms. The van der Waals surface area contributed by atoms with Gasteiger partial charge in [-0.25, -0.2) is 9.59 Å². The molecule has 0 aromatic heterocycles. The van der Waals surface area contributed by atoms with Gasteiger partial charge in [-0.15, -0.1) is 0 Å². The predicted octanol–water partition coefficient (Wildman–Crippen LogP) is 2.79. The fourth-order valence-electron chi connectivity index (χ4n) is 3.92. The number of rotatable bonds is 4. The van der Waals surface area contributed by atoms with Gasteiger partial charge in [-0.1, -0.05) is 30.3 Å². The second kappa shape index (κ2) is 8.61. The van der Waals surface area contributed by atoms with E-state index in [0.717, 1.165) is 5.56 Å². The number of carbonyl (C=O) groups excluding carboxylic acids is 2. The number of aromatic carboxylic acids is 1. The van der Waals surface area contributed by atoms with Crippen LogP contribution in [0.25, 0.3) is 0 Å². The first kappa shape index (κ1) is 20.6. The van der Waals surface area contributed by atoms with E-state index in [9.17, 15) is 14.4 Å². The molecule has 1 saturated heterocycles. The summed E-state index contributed by atoms with van der Waals surface area (Å²) in [6.45, 7) is 3.66. The largest absolute Gasteiger partial charge is 0.478 e. The maximum Gasteiger partial charge on any atom is 0.335 e. The Bertz CT molecular complexity index is 1030. The lowest BCUT2D eigenvalue weighted by molar-refractivity contribution is -0.131. The standard InChI is InChI=1S/C23H23N3O5/c1-15-19(21(27)25-11-13-31-14-12-25)20(16-5-3-2-4-6-16)24-23(30)26(15)18-9-7-17(8-10-18)22(28)29/h2-10,20H,11-14H2,1H3,(H,24,30)(H,28,29). The number of hydrogen-bond donors (Lipinski definition) is 2. The zero-order valence-corrected chi connectivity index (χ0v) is 17.1. The van der Waals surface area contributed by atoms with Crippen LogP contribution in [-0.2, 0) is 9.53 Å². The van der Waals surface area contributed by atoms with Crippen LogP contribution in [-0.4, -0.2) is 54.2 Å². The molecule has 8 heteroatoms. The van der Waals surface area contributed by atoms with Crippen molar-refractivity contribution in [3.05, 3.63) is 77.0 Å². The lowest BCUT2D eigenvalue weighted by Crippen LogP contribution is -2.51. The van der Waals surface area contributed by atoms with Crippen LogP contribution in [0.4, 0.5) is 10.5 Å². The number of nitrogens with one attached hydrogen (secondary N) is 1. The summed E-state index contributed by atoms with van der Waals surface area (Å²) in [5, 5.41) is 12.1. The third-order valence-electron chi connectivity index (χ3n) is 5.52. The molecule has 0 saturated carbocycles. The van der Waals surface area contributed by atoms with Gasteiger partial charge in [0.15, 0.2) is 0 Å². The zero-order valence-electron chi connectivity index (χ0n) is 17.1. The number of carboxylic acids is 1. The monoisotopic (exact) mass is 421 g/mol. The molecule has 0 radical (unpaired) electrons. The highest BCUT2D eigenvalue weighted by Crippen LogP contribution is 2.34. The third kappa shape index (κ3) is 4.02. The number of carbonyl (C=O) groups is 3. The van der Waals surface area contributed by atoms with E-state index in [1.807, 2.05) is 30.3 Å². The van der Waals surface area contributed by atoms with Gasteiger partial charge in [0.05, 0.1) is 36.1 Å². The van der Waals surface area contributed by atoms with Gasteiger partial charge in [-0.3, -0.25) is 9.69 Å². The predicted molar refractivity (Wildman–Crippen MR) is 114 cm³/mol. The Kier molecular flexibility index (Phi) is 5.73. The van der Waals surface area contributed by atoms with Crippen molar-refractivity contribution in [2.75, 3.05) is 31.2 Å². The topological polar surface area (TPSA) is 99.2 Å². The van der Waals surface area contributed by atoms with Gasteiger partial charge in [0, 0.05) is 18.8 Å². The molecule has 2 aromatic rings. The fraction of sp³-hybridized carbons (Fsp3) is 0.261. The Balaban J connectivity index is 1.79. The van der Waals surface area contributed by atoms with E-state index >= 15 is 0 Å². The molecule has 0 aliphatic carbocycles. The van der Waals surface area contributed by atoms with Crippen molar-refractivity contribution in [1.29, 1.82) is 0 Å². The first-order valence-electron chi connectivity index (χ1n) is 10.0. The van der Waals surface area contributed by atoms with Crippen LogP contribution in [0.2, 0.25) is 0 Å². The average molecular weight is 421 g/mol. The van der Waals surface area contributed by atoms with E-state index in [1.165, 1.54) is 17.0 Å². The number of ether oxygens (including phenoxy) is 1. The van der Waals surface area contributed by atoms with Crippen LogP contribution < -0.4 is 10.2 Å². The van der Waals surface area contributed by atoms with Crippen LogP contribution in [0.3, 0.4) is 0 Å². The van der Waals surface area contributed by atoms with Gasteiger partial charge in [0.2, 0.25) is 0 Å². The summed E-state index contributed by atoms with van der Waals surface area (Å²) in [6, 6.07) is 14.4. The minimum atomic E-state index is -1.05. The second-order valence-corrected chi connectivity index (χ2v) is 7.38. The first-order chi connectivity index (χ1) is 15.0. The first-order valence-corrected chi connectivity index (χ1v) is 10.0. The van der Waals surface area contributed by atoms with E-state index in [-0.39, 0.29) is 17.5 Å². The van der Waals surface area contributed by atoms with Crippen molar-refractivity contribution in [3.8, 4) is 0 Å². The SMILES string of the molecule is CC1=C(C(=O)N2CCOCC2)C(c2ccccc2)NC(=O)N1c1ccc(C(=O)O)cc1. The number of carboxylic acid groups (broad SMARTS) is 1. The highest BCUT2D eigenvalue weighted by Gasteiger charge is 2.38. The third-order valence-corrected chi connectivity index (χ3v) is 5.52. The maximum atomic E-state index is 13.5. The van der Waals surface area contributed by atoms with Gasteiger partial charge in [-0.05, 0) is 36.8 Å². The molecule has 31 heavy (non-hydrogen) atoms. The number of nitrogens with zero attached hydrogens (tertiary/aromatic N) is 2. The number of morpholine rings is 1. The van der Waals surface area contributed by atoms with E-state index in [0.29, 0.717) is 43.3 Å². The number of benzene rings is 2. The van der Waals surface area contributed by atoms with Crippen LogP contribution in [0.5, 0.6) is 0 Å². The number of amides is 3. The molecular formula is C23H23N3O5. The summed E-state index contributed by atoms with van der Waals surface area (Å²) >= 11 is 0. The molecular weight excluding hydrogens is 398 g/mol. The van der Waals surface area contributed by atoms with Gasteiger partial charge >= 0.3 is 12.0 Å². The highest BCUT2D eigenvalue weighted by molar-refractivity contribution is 6.05. The summed E-state index contributed by atoms with van der Waals surface area (Å²) in [5.41, 5.74) is 2.41. The molecule has 2 aromatic carbocycles. The fourth-order valence-corrected chi connectivity index (χ4v) is 3.92. The second-order valence-electron chi connectivity index (χ2n) is 7.38. The van der Waals surface area contributed by atoms with Crippen LogP contribution in [0, 0.1) is 0 Å². The van der Waals surface area contributed by atoms with E-state index < -0.39 is 12.0 Å². The number of urea groups is 1. The summed E-state index contributed by atoms with van der Waals surface area (Å²) < 4.78 is 5.38. The summed E-state index contributed by atoms with van der Waals surface area (Å²) in [5.74, 6) is -1.20. The Labute approximate surface area is 179 Å². The van der Waals surface area contributed by atoms with Crippen LogP contribution in [0.1, 0.15) is 28.9 Å². The van der Waals surface area contributed by atoms with E-state index in [2.05, 4.69) is 5.32 Å². The minimum absolute atomic E-state index is 0.120. The van der Waals surface area contributed by atoms with Crippen molar-refractivity contribution >= 4 is 23.6 Å². The number of anilines is 1. The Morgan fingerprint density at radius 2 is 1.68 bits per heavy atom. The highest BCUT2D eigenvalue weighted by atomic mass is 16.5. The van der Waals surface area contributed by atoms with Crippen molar-refractivity contribution in [2.45, 2.75) is 13.0 Å². The molecule has 4 rings (SSSR count). The van der Waals surface area contributed by atoms with Crippen molar-refractivity contribution < 1.29 is 24.2 Å². The molecule has 160 valence electrons. The van der Waals surface area contributed by atoms with Crippen molar-refractivity contribution in [1.82, 2.24) is 10.2 Å². The molecule has 2 aliphatic heterocycles. The summed E-state index contributed by atoms with van der Waals surface area (Å²) in [6.07, 6.45) is 0. The molecule has 2 aliphatic rings. The van der Waals surface area contributed by atoms with Crippen LogP contribution >= 0.6 is 0 Å². The molecule has 0 bridgehead atoms. The summed E-state index contributed by atoms with van der Waals surface area (Å²) in [4.78, 5) is 40.9. The quantitative estimate of drug-likeness (QED) is 0.791. The maximum absolute atomic E-state index is 13.5. The van der Waals surface area contributed by atoms with E-state index in [1.54, 1.807) is 24.0 Å². The van der Waals surface area contributed by atoms with Crippen molar-refractivity contribution in [3.63, 3.8) is 0 Å². The molecule has 1 atom stereocenters. The molecule has 2 heterocycles. The van der Waals surface area contributed by atoms with Crippen molar-refractivity contribution in [2.24, 2.45) is 0 Å². The van der Waals surface area contributed by atoms with Gasteiger partial charge in [-0.2, -0.15) is 0 Å². The average Bonchev–Trinajstić information content (AvgIpc) is 2.80. The Morgan fingerprint density at radius 3 is 2.29 bits per heavy atom. The smallest absolute Gasteiger partial charge is 0.335 e. The summed E-state index contributed by atoms with van der Waals surface area (Å²) in [7, 11) is 0. The number of hydrogen-bond acceptors (Lipinski definition) is 4. The molecule has 2 N–H and O–H groups in total. The Morgan fingerprint density at radius 1 is 1.03 bits per heavy atom. The lowest BCUT2D eigenvalue weighted by Gasteiger charge is -2.38. The lowest BCUT2D eigenvalue weighted by atomic mass is 9.93. The Hall–Kier alpha value is -3.65. The zero-order chi connectivity index (χ0) is 22.0. The van der Waals surface area contributed by atoms with E-state index in [4.69, 9.17) is 9.84 Å². The van der Waals surface area contributed by atoms with Gasteiger partial charge < -0.3 is 20.1 Å². The number of allylic oxidation sites excluding steroid dienone is 1. The van der Waals surface area contributed by atoms with Gasteiger partial charge in [0.25, 0.3) is 5.91 Å². The molecule has 1 unspecified atom stereocenters. The molecule has 8 nitrogen and oxygen atoms in total. The molecule has 3 amide bonds.